The molecule has 0 saturated heterocycles. The van der Waals surface area contributed by atoms with Crippen LogP contribution >= 0.6 is 0 Å². The number of rotatable bonds is 17. The van der Waals surface area contributed by atoms with Gasteiger partial charge in [-0.2, -0.15) is 0 Å². The van der Waals surface area contributed by atoms with Crippen molar-refractivity contribution in [2.75, 3.05) is 108 Å². The van der Waals surface area contributed by atoms with Crippen LogP contribution in [0.15, 0.2) is 73.6 Å². The molecule has 16 nitrogen and oxygen atoms in total. The van der Waals surface area contributed by atoms with Crippen molar-refractivity contribution in [3.8, 4) is 0 Å². The molecule has 0 fully saturated rings. The Hall–Kier alpha value is -6.00. The lowest BCUT2D eigenvalue weighted by molar-refractivity contribution is -0.383. The Kier molecular flexibility index (Phi) is 13.6. The summed E-state index contributed by atoms with van der Waals surface area (Å²) in [6, 6.07) is 15.6. The molecule has 4 heterocycles. The molecule has 0 aliphatic heterocycles. The highest BCUT2D eigenvalue weighted by molar-refractivity contribution is 6.01. The van der Waals surface area contributed by atoms with Crippen molar-refractivity contribution in [1.29, 1.82) is 0 Å². The third-order valence-corrected chi connectivity index (χ3v) is 8.93. The van der Waals surface area contributed by atoms with Crippen molar-refractivity contribution in [2.45, 2.75) is 12.8 Å². The molecule has 288 valence electrons. The number of imidazole rings is 2. The number of nitrogen functional groups attached to an aromatic ring is 1. The summed E-state index contributed by atoms with van der Waals surface area (Å²) < 4.78 is 0. The summed E-state index contributed by atoms with van der Waals surface area (Å²) in [5.41, 5.74) is 12.4. The SMILES string of the molecule is CN(C)CCN(C)c1nc2ccccc2c(NCCc2cnc[nH]2)c1N.CN(C)CCN(C)c1nc2ccccc2c(NCCc2cnc[nH]2)c1[N+](=O)[O-].[HH]. The number of anilines is 5. The fourth-order valence-corrected chi connectivity index (χ4v) is 5.90. The van der Waals surface area contributed by atoms with Crippen LogP contribution in [0.3, 0.4) is 0 Å². The van der Waals surface area contributed by atoms with E-state index in [1.54, 1.807) is 18.9 Å². The maximum absolute atomic E-state index is 12.0. The van der Waals surface area contributed by atoms with Gasteiger partial charge >= 0.3 is 5.69 Å². The fourth-order valence-electron chi connectivity index (χ4n) is 5.90. The maximum atomic E-state index is 12.0. The van der Waals surface area contributed by atoms with Gasteiger partial charge in [-0.15, -0.1) is 0 Å². The van der Waals surface area contributed by atoms with E-state index in [0.29, 0.717) is 36.7 Å². The zero-order valence-electron chi connectivity index (χ0n) is 32.0. The molecule has 6 N–H and O–H groups in total. The highest BCUT2D eigenvalue weighted by atomic mass is 16.6. The Morgan fingerprint density at radius 3 is 1.65 bits per heavy atom. The minimum absolute atomic E-state index is 0. The summed E-state index contributed by atoms with van der Waals surface area (Å²) >= 11 is 0. The van der Waals surface area contributed by atoms with E-state index in [4.69, 9.17) is 10.7 Å². The number of aromatic nitrogens is 6. The van der Waals surface area contributed by atoms with Gasteiger partial charge in [-0.05, 0) is 40.3 Å². The number of hydrogen-bond donors (Lipinski definition) is 5. The number of nitro groups is 1. The van der Waals surface area contributed by atoms with Gasteiger partial charge in [0.1, 0.15) is 5.69 Å². The molecule has 0 radical (unpaired) electrons. The minimum Gasteiger partial charge on any atom is -0.394 e. The molecule has 0 spiro atoms. The second kappa shape index (κ2) is 18.7. The van der Waals surface area contributed by atoms with Gasteiger partial charge in [0.15, 0.2) is 5.82 Å². The first-order chi connectivity index (χ1) is 26.0. The molecule has 0 bridgehead atoms. The number of benzene rings is 2. The number of nitrogens with zero attached hydrogens (tertiary/aromatic N) is 9. The zero-order valence-corrected chi connectivity index (χ0v) is 32.0. The van der Waals surface area contributed by atoms with E-state index in [1.165, 1.54) is 0 Å². The number of nitrogens with one attached hydrogen (secondary N) is 4. The van der Waals surface area contributed by atoms with E-state index in [1.807, 2.05) is 86.7 Å². The number of fused-ring (bicyclic) bond motifs is 2. The molecule has 0 unspecified atom stereocenters. The predicted octanol–water partition coefficient (Wildman–Crippen LogP) is 4.96. The quantitative estimate of drug-likeness (QED) is 0.0625. The summed E-state index contributed by atoms with van der Waals surface area (Å²) in [6.45, 7) is 4.50. The number of hydrogen-bond acceptors (Lipinski definition) is 13. The van der Waals surface area contributed by atoms with Gasteiger partial charge in [0.2, 0.25) is 5.82 Å². The van der Waals surface area contributed by atoms with Crippen LogP contribution in [0.1, 0.15) is 12.8 Å². The average molecular weight is 739 g/mol. The molecular formula is C38H54N14O2. The van der Waals surface area contributed by atoms with Crippen LogP contribution in [0, 0.1) is 10.1 Å². The minimum atomic E-state index is -0.348. The van der Waals surface area contributed by atoms with E-state index in [9.17, 15) is 10.1 Å². The molecular weight excluding hydrogens is 685 g/mol. The van der Waals surface area contributed by atoms with Gasteiger partial charge in [0.25, 0.3) is 0 Å². The molecule has 54 heavy (non-hydrogen) atoms. The topological polar surface area (TPSA) is 189 Å². The van der Waals surface area contributed by atoms with Gasteiger partial charge in [-0.25, -0.2) is 19.9 Å². The van der Waals surface area contributed by atoms with Crippen molar-refractivity contribution in [3.05, 3.63) is 95.1 Å². The molecule has 0 amide bonds. The third kappa shape index (κ3) is 10.1. The smallest absolute Gasteiger partial charge is 0.335 e. The molecule has 0 aliphatic carbocycles. The summed E-state index contributed by atoms with van der Waals surface area (Å²) in [5, 5.41) is 20.5. The lowest BCUT2D eigenvalue weighted by Crippen LogP contribution is -2.29. The van der Waals surface area contributed by atoms with Crippen molar-refractivity contribution in [2.24, 2.45) is 0 Å². The van der Waals surface area contributed by atoms with E-state index >= 15 is 0 Å². The average Bonchev–Trinajstić information content (AvgIpc) is 3.88. The van der Waals surface area contributed by atoms with Gasteiger partial charge in [-0.3, -0.25) is 10.1 Å². The largest absolute Gasteiger partial charge is 0.394 e. The lowest BCUT2D eigenvalue weighted by atomic mass is 10.1. The molecule has 0 saturated carbocycles. The predicted molar refractivity (Wildman–Crippen MR) is 222 cm³/mol. The standard InChI is InChI=1S/C19H25N7O2.C19H27N7.H2/c1-24(2)10-11-25(3)19-18(26(27)28)17(15-6-4-5-7-16(15)23-19)21-9-8-14-12-20-13-22-14;1-25(2)10-11-26(3)19-17(20)18(15-6-4-5-7-16(15)24-19)22-9-8-14-12-21-13-23-14;/h4-7,12-13H,8-11H2,1-3H3,(H,20,22)(H,21,23);4-7,12-13H,8-11,20H2,1-3H3,(H,21,23)(H,22,24);1H. The zero-order chi connectivity index (χ0) is 38.6. The van der Waals surface area contributed by atoms with E-state index < -0.39 is 0 Å². The first-order valence-corrected chi connectivity index (χ1v) is 17.9. The Labute approximate surface area is 317 Å². The second-order valence-electron chi connectivity index (χ2n) is 13.6. The number of pyridine rings is 2. The molecule has 2 aromatic carbocycles. The summed E-state index contributed by atoms with van der Waals surface area (Å²) in [6.07, 6.45) is 8.44. The van der Waals surface area contributed by atoms with Crippen LogP contribution in [-0.2, 0) is 12.8 Å². The van der Waals surface area contributed by atoms with Crippen molar-refractivity contribution in [3.63, 3.8) is 0 Å². The first-order valence-electron chi connectivity index (χ1n) is 17.9. The molecule has 6 aromatic rings. The van der Waals surface area contributed by atoms with Crippen LogP contribution in [0.5, 0.6) is 0 Å². The maximum Gasteiger partial charge on any atom is 0.335 e. The van der Waals surface area contributed by atoms with E-state index in [2.05, 4.69) is 65.5 Å². The Bertz CT molecular complexity index is 2090. The lowest BCUT2D eigenvalue weighted by Gasteiger charge is -2.24. The van der Waals surface area contributed by atoms with E-state index in [0.717, 1.165) is 77.3 Å². The van der Waals surface area contributed by atoms with Crippen LogP contribution in [-0.4, -0.2) is 126 Å². The van der Waals surface area contributed by atoms with Gasteiger partial charge in [-0.1, -0.05) is 36.4 Å². The van der Waals surface area contributed by atoms with Crippen molar-refractivity contribution >= 4 is 56.2 Å². The Morgan fingerprint density at radius 2 is 1.17 bits per heavy atom. The highest BCUT2D eigenvalue weighted by Crippen LogP contribution is 2.39. The van der Waals surface area contributed by atoms with Gasteiger partial charge in [0.05, 0.1) is 40.0 Å². The second-order valence-corrected chi connectivity index (χ2v) is 13.6. The van der Waals surface area contributed by atoms with Gasteiger partial charge in [0, 0.05) is 102 Å². The van der Waals surface area contributed by atoms with Crippen LogP contribution in [0.4, 0.5) is 34.4 Å². The summed E-state index contributed by atoms with van der Waals surface area (Å²) in [5.74, 6) is 1.18. The molecule has 0 aliphatic rings. The molecule has 6 rings (SSSR count). The van der Waals surface area contributed by atoms with Crippen LogP contribution in [0.2, 0.25) is 0 Å². The number of aromatic amines is 2. The van der Waals surface area contributed by atoms with Crippen LogP contribution < -0.4 is 26.2 Å². The highest BCUT2D eigenvalue weighted by Gasteiger charge is 2.27. The van der Waals surface area contributed by atoms with Crippen molar-refractivity contribution in [1.82, 2.24) is 39.7 Å². The summed E-state index contributed by atoms with van der Waals surface area (Å²) in [4.78, 5) is 43.4. The third-order valence-electron chi connectivity index (χ3n) is 8.93. The number of likely N-dealkylation sites (N-methyl/N-ethyl adjacent to an activating group) is 4. The Balaban J connectivity index is 0.000000241. The first kappa shape index (κ1) is 39.2. The van der Waals surface area contributed by atoms with Gasteiger partial charge < -0.3 is 45.9 Å². The fraction of sp³-hybridized carbons (Fsp3) is 0.368. The Morgan fingerprint density at radius 1 is 0.704 bits per heavy atom. The molecule has 16 heteroatoms. The molecule has 4 aromatic heterocycles. The van der Waals surface area contributed by atoms with E-state index in [-0.39, 0.29) is 12.0 Å². The number of H-pyrrole nitrogens is 2. The number of para-hydroxylation sites is 2. The normalized spacial score (nSPS) is 11.2. The van der Waals surface area contributed by atoms with Crippen molar-refractivity contribution < 1.29 is 6.35 Å². The number of nitrogens with two attached hydrogens (primary N) is 1. The summed E-state index contributed by atoms with van der Waals surface area (Å²) in [7, 11) is 11.9. The van der Waals surface area contributed by atoms with Crippen LogP contribution in [0.25, 0.3) is 21.8 Å². The molecule has 0 atom stereocenters. The monoisotopic (exact) mass is 738 g/mol.